The van der Waals surface area contributed by atoms with Gasteiger partial charge in [0.15, 0.2) is 0 Å². The van der Waals surface area contributed by atoms with Crippen molar-refractivity contribution in [1.82, 2.24) is 14.8 Å². The van der Waals surface area contributed by atoms with E-state index in [2.05, 4.69) is 4.98 Å². The summed E-state index contributed by atoms with van der Waals surface area (Å²) in [4.78, 5) is 30.6. The smallest absolute Gasteiger partial charge is 0.272 e. The lowest BCUT2D eigenvalue weighted by Gasteiger charge is -2.20. The zero-order valence-corrected chi connectivity index (χ0v) is 13.7. The molecule has 0 radical (unpaired) electrons. The summed E-state index contributed by atoms with van der Waals surface area (Å²) in [6, 6.07) is 2.81. The van der Waals surface area contributed by atoms with Crippen LogP contribution >= 0.6 is 0 Å². The number of hydrogen-bond donors (Lipinski definition) is 4. The van der Waals surface area contributed by atoms with Crippen LogP contribution in [0.15, 0.2) is 18.3 Å². The molecule has 2 unspecified atom stereocenters. The quantitative estimate of drug-likeness (QED) is 0.427. The number of aliphatic hydroxyl groups excluding tert-OH is 4. The van der Waals surface area contributed by atoms with E-state index in [1.807, 2.05) is 0 Å². The van der Waals surface area contributed by atoms with Gasteiger partial charge in [-0.25, -0.2) is 0 Å². The van der Waals surface area contributed by atoms with Gasteiger partial charge in [-0.1, -0.05) is 0 Å². The average molecular weight is 341 g/mol. The van der Waals surface area contributed by atoms with Gasteiger partial charge in [-0.05, 0) is 12.1 Å². The van der Waals surface area contributed by atoms with Crippen molar-refractivity contribution in [3.05, 3.63) is 29.6 Å². The third-order valence-electron chi connectivity index (χ3n) is 3.31. The number of amides is 2. The van der Waals surface area contributed by atoms with E-state index in [-0.39, 0.29) is 24.3 Å². The summed E-state index contributed by atoms with van der Waals surface area (Å²) in [5.74, 6) is -0.858. The van der Waals surface area contributed by atoms with E-state index in [1.165, 1.54) is 42.2 Å². The minimum atomic E-state index is -1.04. The fourth-order valence-corrected chi connectivity index (χ4v) is 1.98. The molecule has 0 aromatic carbocycles. The molecule has 9 nitrogen and oxygen atoms in total. The second-order valence-corrected chi connectivity index (χ2v) is 5.48. The highest BCUT2D eigenvalue weighted by Gasteiger charge is 2.19. The Morgan fingerprint density at radius 1 is 1.00 bits per heavy atom. The third kappa shape index (κ3) is 5.53. The lowest BCUT2D eigenvalue weighted by atomic mass is 10.2. The van der Waals surface area contributed by atoms with E-state index in [1.54, 1.807) is 0 Å². The predicted molar refractivity (Wildman–Crippen MR) is 84.3 cm³/mol. The van der Waals surface area contributed by atoms with Gasteiger partial charge in [-0.2, -0.15) is 0 Å². The van der Waals surface area contributed by atoms with E-state index < -0.39 is 37.2 Å². The fourth-order valence-electron chi connectivity index (χ4n) is 1.98. The predicted octanol–water partition coefficient (Wildman–Crippen LogP) is -2.07. The van der Waals surface area contributed by atoms with Crippen molar-refractivity contribution in [1.29, 1.82) is 0 Å². The highest BCUT2D eigenvalue weighted by molar-refractivity contribution is 5.96. The summed E-state index contributed by atoms with van der Waals surface area (Å²) >= 11 is 0. The summed E-state index contributed by atoms with van der Waals surface area (Å²) in [5, 5.41) is 36.3. The molecular formula is C15H23N3O6. The molecule has 1 rings (SSSR count). The van der Waals surface area contributed by atoms with E-state index in [0.29, 0.717) is 0 Å². The van der Waals surface area contributed by atoms with Crippen LogP contribution in [-0.4, -0.2) is 99.6 Å². The molecule has 0 aliphatic rings. The molecule has 1 aromatic rings. The Morgan fingerprint density at radius 3 is 1.92 bits per heavy atom. The van der Waals surface area contributed by atoms with Gasteiger partial charge in [0, 0.05) is 33.4 Å². The number of hydrogen-bond acceptors (Lipinski definition) is 7. The molecule has 0 aliphatic carbocycles. The van der Waals surface area contributed by atoms with Crippen LogP contribution < -0.4 is 0 Å². The van der Waals surface area contributed by atoms with Crippen molar-refractivity contribution < 1.29 is 30.0 Å². The third-order valence-corrected chi connectivity index (χ3v) is 3.31. The molecule has 1 heterocycles. The van der Waals surface area contributed by atoms with Crippen LogP contribution in [0.1, 0.15) is 20.8 Å². The summed E-state index contributed by atoms with van der Waals surface area (Å²) in [7, 11) is 2.94. The second kappa shape index (κ2) is 9.28. The first kappa shape index (κ1) is 20.0. The Kier molecular flexibility index (Phi) is 7.72. The van der Waals surface area contributed by atoms with Gasteiger partial charge in [0.1, 0.15) is 5.69 Å². The Labute approximate surface area is 139 Å². The molecule has 0 saturated heterocycles. The van der Waals surface area contributed by atoms with Gasteiger partial charge in [0.05, 0.1) is 31.0 Å². The van der Waals surface area contributed by atoms with Crippen LogP contribution in [0.4, 0.5) is 0 Å². The van der Waals surface area contributed by atoms with Gasteiger partial charge >= 0.3 is 0 Å². The van der Waals surface area contributed by atoms with Crippen LogP contribution in [0.3, 0.4) is 0 Å². The number of carbonyl (C=O) groups is 2. The lowest BCUT2D eigenvalue weighted by molar-refractivity contribution is 0.0512. The maximum absolute atomic E-state index is 12.1. The molecule has 24 heavy (non-hydrogen) atoms. The van der Waals surface area contributed by atoms with E-state index in [9.17, 15) is 19.8 Å². The van der Waals surface area contributed by atoms with E-state index in [0.717, 1.165) is 0 Å². The standard InChI is InChI=1S/C15H23N3O6/c1-17(6-11(21)8-19)14(23)10-3-4-13(16-5-10)15(24)18(2)7-12(22)9-20/h3-5,11-12,19-22H,6-9H2,1-2H3. The Balaban J connectivity index is 2.74. The Bertz CT molecular complexity index is 502. The summed E-state index contributed by atoms with van der Waals surface area (Å²) in [6.45, 7) is -0.975. The monoisotopic (exact) mass is 341 g/mol. The first-order chi connectivity index (χ1) is 11.3. The highest BCUT2D eigenvalue weighted by atomic mass is 16.3. The topological polar surface area (TPSA) is 134 Å². The van der Waals surface area contributed by atoms with E-state index >= 15 is 0 Å². The first-order valence-electron chi connectivity index (χ1n) is 7.35. The highest BCUT2D eigenvalue weighted by Crippen LogP contribution is 2.07. The van der Waals surface area contributed by atoms with Crippen molar-refractivity contribution in [2.75, 3.05) is 40.4 Å². The number of aromatic nitrogens is 1. The number of nitrogens with zero attached hydrogens (tertiary/aromatic N) is 3. The van der Waals surface area contributed by atoms with Crippen LogP contribution in [0.2, 0.25) is 0 Å². The van der Waals surface area contributed by atoms with Gasteiger partial charge in [-0.15, -0.1) is 0 Å². The second-order valence-electron chi connectivity index (χ2n) is 5.48. The van der Waals surface area contributed by atoms with Crippen LogP contribution in [0.25, 0.3) is 0 Å². The van der Waals surface area contributed by atoms with Crippen LogP contribution in [0, 0.1) is 0 Å². The lowest BCUT2D eigenvalue weighted by Crippen LogP contribution is -2.37. The number of carbonyl (C=O) groups excluding carboxylic acids is 2. The zero-order chi connectivity index (χ0) is 18.3. The van der Waals surface area contributed by atoms with Gasteiger partial charge in [-0.3, -0.25) is 14.6 Å². The van der Waals surface area contributed by atoms with Crippen molar-refractivity contribution >= 4 is 11.8 Å². The van der Waals surface area contributed by atoms with Crippen molar-refractivity contribution in [2.24, 2.45) is 0 Å². The van der Waals surface area contributed by atoms with Gasteiger partial charge < -0.3 is 30.2 Å². The molecule has 0 saturated carbocycles. The van der Waals surface area contributed by atoms with Crippen LogP contribution in [0.5, 0.6) is 0 Å². The number of pyridine rings is 1. The fraction of sp³-hybridized carbons (Fsp3) is 0.533. The largest absolute Gasteiger partial charge is 0.394 e. The first-order valence-corrected chi connectivity index (χ1v) is 7.35. The van der Waals surface area contributed by atoms with Gasteiger partial charge in [0.2, 0.25) is 0 Å². The van der Waals surface area contributed by atoms with Crippen molar-refractivity contribution in [3.8, 4) is 0 Å². The molecule has 2 amide bonds. The molecule has 0 bridgehead atoms. The summed E-state index contributed by atoms with van der Waals surface area (Å²) < 4.78 is 0. The number of rotatable bonds is 8. The van der Waals surface area contributed by atoms with E-state index in [4.69, 9.17) is 10.2 Å². The maximum atomic E-state index is 12.1. The molecule has 1 aromatic heterocycles. The van der Waals surface area contributed by atoms with Crippen LogP contribution in [-0.2, 0) is 0 Å². The minimum Gasteiger partial charge on any atom is -0.394 e. The summed E-state index contributed by atoms with van der Waals surface area (Å²) in [5.41, 5.74) is 0.328. The molecule has 4 N–H and O–H groups in total. The molecular weight excluding hydrogens is 318 g/mol. The molecule has 134 valence electrons. The molecule has 2 atom stereocenters. The zero-order valence-electron chi connectivity index (χ0n) is 13.7. The van der Waals surface area contributed by atoms with Crippen molar-refractivity contribution in [3.63, 3.8) is 0 Å². The van der Waals surface area contributed by atoms with Gasteiger partial charge in [0.25, 0.3) is 11.8 Å². The minimum absolute atomic E-state index is 0.0300. The molecule has 0 spiro atoms. The Hall–Kier alpha value is -2.07. The summed E-state index contributed by atoms with van der Waals surface area (Å²) in [6.07, 6.45) is -0.820. The number of likely N-dealkylation sites (N-methyl/N-ethyl adjacent to an activating group) is 2. The molecule has 9 heteroatoms. The number of aliphatic hydroxyl groups is 4. The molecule has 0 fully saturated rings. The SMILES string of the molecule is CN(CC(O)CO)C(=O)c1ccc(C(=O)N(C)CC(O)CO)nc1. The van der Waals surface area contributed by atoms with Crippen molar-refractivity contribution in [2.45, 2.75) is 12.2 Å². The average Bonchev–Trinajstić information content (AvgIpc) is 2.59. The normalized spacial score (nSPS) is 13.2. The maximum Gasteiger partial charge on any atom is 0.272 e. The molecule has 0 aliphatic heterocycles. The Morgan fingerprint density at radius 2 is 1.50 bits per heavy atom.